The molecule has 30 heavy (non-hydrogen) atoms. The van der Waals surface area contributed by atoms with Crippen molar-refractivity contribution >= 4 is 29.9 Å². The van der Waals surface area contributed by atoms with Crippen LogP contribution in [0.3, 0.4) is 0 Å². The highest BCUT2D eigenvalue weighted by Gasteiger charge is 2.19. The third-order valence-corrected chi connectivity index (χ3v) is 6.29. The minimum Gasteiger partial charge on any atom is -0.355 e. The third-order valence-electron chi connectivity index (χ3n) is 6.29. The van der Waals surface area contributed by atoms with Crippen molar-refractivity contribution in [2.75, 3.05) is 59.9 Å². The van der Waals surface area contributed by atoms with Crippen molar-refractivity contribution in [3.05, 3.63) is 35.4 Å². The largest absolute Gasteiger partial charge is 0.355 e. The van der Waals surface area contributed by atoms with E-state index < -0.39 is 0 Å². The summed E-state index contributed by atoms with van der Waals surface area (Å²) in [5.41, 5.74) is 2.71. The lowest BCUT2D eigenvalue weighted by Crippen LogP contribution is -2.52. The summed E-state index contributed by atoms with van der Waals surface area (Å²) in [6.07, 6.45) is 4.09. The molecule has 7 heteroatoms. The number of nitrogens with zero attached hydrogens (tertiary/aromatic N) is 4. The molecule has 0 saturated carbocycles. The molecular formula is C23H41IN6. The second-order valence-corrected chi connectivity index (χ2v) is 8.65. The van der Waals surface area contributed by atoms with Gasteiger partial charge in [0.05, 0.1) is 0 Å². The summed E-state index contributed by atoms with van der Waals surface area (Å²) >= 11 is 0. The molecule has 2 N–H and O–H groups in total. The first kappa shape index (κ1) is 25.4. The van der Waals surface area contributed by atoms with E-state index in [1.807, 2.05) is 7.05 Å². The van der Waals surface area contributed by atoms with Crippen LogP contribution in [0.2, 0.25) is 0 Å². The summed E-state index contributed by atoms with van der Waals surface area (Å²) in [4.78, 5) is 11.9. The molecule has 0 aromatic heterocycles. The van der Waals surface area contributed by atoms with E-state index in [1.165, 1.54) is 43.5 Å². The molecule has 2 fully saturated rings. The molecule has 0 radical (unpaired) electrons. The van der Waals surface area contributed by atoms with Gasteiger partial charge in [-0.2, -0.15) is 0 Å². The molecule has 1 unspecified atom stereocenters. The Morgan fingerprint density at radius 1 is 0.933 bits per heavy atom. The average Bonchev–Trinajstić information content (AvgIpc) is 2.76. The number of aliphatic imine (C=N–C) groups is 1. The number of benzene rings is 1. The Hall–Kier alpha value is -0.900. The number of guanidine groups is 1. The van der Waals surface area contributed by atoms with E-state index >= 15 is 0 Å². The van der Waals surface area contributed by atoms with E-state index in [4.69, 9.17) is 0 Å². The van der Waals surface area contributed by atoms with Gasteiger partial charge in [0.2, 0.25) is 0 Å². The molecule has 1 aromatic rings. The van der Waals surface area contributed by atoms with Gasteiger partial charge in [0, 0.05) is 58.9 Å². The Kier molecular flexibility index (Phi) is 11.4. The number of hydrogen-bond acceptors (Lipinski definition) is 4. The van der Waals surface area contributed by atoms with Crippen molar-refractivity contribution in [3.8, 4) is 0 Å². The van der Waals surface area contributed by atoms with Crippen molar-refractivity contribution in [1.29, 1.82) is 0 Å². The van der Waals surface area contributed by atoms with Crippen LogP contribution in [0.4, 0.5) is 0 Å². The molecule has 3 rings (SSSR count). The lowest BCUT2D eigenvalue weighted by Gasteiger charge is -2.36. The van der Waals surface area contributed by atoms with Crippen LogP contribution >= 0.6 is 24.0 Å². The minimum atomic E-state index is 0. The molecule has 2 heterocycles. The number of hydrogen-bond donors (Lipinski definition) is 2. The second-order valence-electron chi connectivity index (χ2n) is 8.65. The first-order chi connectivity index (χ1) is 14.1. The molecule has 1 aromatic carbocycles. The number of likely N-dealkylation sites (tertiary alicyclic amines) is 1. The van der Waals surface area contributed by atoms with E-state index in [-0.39, 0.29) is 24.0 Å². The van der Waals surface area contributed by atoms with Crippen LogP contribution in [0.5, 0.6) is 0 Å². The fourth-order valence-electron chi connectivity index (χ4n) is 4.18. The van der Waals surface area contributed by atoms with Crippen molar-refractivity contribution in [2.24, 2.45) is 4.99 Å². The second kappa shape index (κ2) is 13.5. The summed E-state index contributed by atoms with van der Waals surface area (Å²) in [7, 11) is 4.05. The number of piperazine rings is 1. The number of nitrogens with one attached hydrogen (secondary N) is 2. The fraction of sp³-hybridized carbons (Fsp3) is 0.696. The molecule has 0 spiro atoms. The van der Waals surface area contributed by atoms with E-state index in [0.29, 0.717) is 6.04 Å². The highest BCUT2D eigenvalue weighted by atomic mass is 127. The van der Waals surface area contributed by atoms with E-state index in [9.17, 15) is 0 Å². The van der Waals surface area contributed by atoms with Gasteiger partial charge in [-0.25, -0.2) is 0 Å². The molecule has 0 bridgehead atoms. The molecule has 1 atom stereocenters. The summed E-state index contributed by atoms with van der Waals surface area (Å²) < 4.78 is 0. The Balaban J connectivity index is 0.00000320. The molecule has 170 valence electrons. The summed E-state index contributed by atoms with van der Waals surface area (Å²) in [6.45, 7) is 12.2. The van der Waals surface area contributed by atoms with Crippen LogP contribution in [0.25, 0.3) is 0 Å². The lowest BCUT2D eigenvalue weighted by molar-refractivity contribution is 0.120. The normalized spacial score (nSPS) is 20.4. The lowest BCUT2D eigenvalue weighted by atomic mass is 10.1. The monoisotopic (exact) mass is 528 g/mol. The molecule has 0 aliphatic carbocycles. The maximum atomic E-state index is 4.39. The van der Waals surface area contributed by atoms with Gasteiger partial charge in [-0.3, -0.25) is 14.8 Å². The van der Waals surface area contributed by atoms with Crippen LogP contribution in [0.1, 0.15) is 37.3 Å². The zero-order valence-electron chi connectivity index (χ0n) is 19.1. The third kappa shape index (κ3) is 8.32. The topological polar surface area (TPSA) is 46.1 Å². The molecule has 2 aliphatic heterocycles. The number of rotatable bonds is 7. The van der Waals surface area contributed by atoms with Crippen LogP contribution in [0, 0.1) is 0 Å². The molecular weight excluding hydrogens is 487 g/mol. The first-order valence-corrected chi connectivity index (χ1v) is 11.3. The van der Waals surface area contributed by atoms with Crippen LogP contribution in [0.15, 0.2) is 29.3 Å². The van der Waals surface area contributed by atoms with Crippen molar-refractivity contribution in [3.63, 3.8) is 0 Å². The Morgan fingerprint density at radius 3 is 2.20 bits per heavy atom. The van der Waals surface area contributed by atoms with Crippen LogP contribution in [-0.4, -0.2) is 86.6 Å². The average molecular weight is 529 g/mol. The number of piperidine rings is 1. The van der Waals surface area contributed by atoms with Gasteiger partial charge in [0.1, 0.15) is 0 Å². The predicted molar refractivity (Wildman–Crippen MR) is 138 cm³/mol. The van der Waals surface area contributed by atoms with Crippen molar-refractivity contribution < 1.29 is 0 Å². The SMILES string of the molecule is CN=C(NCc1ccc(CN2CCCCC2)cc1)NCC(C)N1CCN(C)CC1.I. The maximum absolute atomic E-state index is 4.39. The quantitative estimate of drug-likeness (QED) is 0.324. The Bertz CT molecular complexity index is 621. The fourth-order valence-corrected chi connectivity index (χ4v) is 4.18. The van der Waals surface area contributed by atoms with Crippen LogP contribution in [-0.2, 0) is 13.1 Å². The minimum absolute atomic E-state index is 0. The Morgan fingerprint density at radius 2 is 1.57 bits per heavy atom. The Labute approximate surface area is 200 Å². The number of halogens is 1. The van der Waals surface area contributed by atoms with E-state index in [0.717, 1.165) is 51.8 Å². The van der Waals surface area contributed by atoms with Crippen molar-refractivity contribution in [2.45, 2.75) is 45.3 Å². The van der Waals surface area contributed by atoms with E-state index in [1.54, 1.807) is 0 Å². The van der Waals surface area contributed by atoms with Gasteiger partial charge in [-0.1, -0.05) is 30.7 Å². The molecule has 0 amide bonds. The molecule has 2 saturated heterocycles. The van der Waals surface area contributed by atoms with Gasteiger partial charge in [-0.05, 0) is 51.0 Å². The highest BCUT2D eigenvalue weighted by molar-refractivity contribution is 14.0. The van der Waals surface area contributed by atoms with Gasteiger partial charge < -0.3 is 15.5 Å². The standard InChI is InChI=1S/C23H40N6.HI/c1-20(29-15-13-27(3)14-16-29)17-25-23(24-2)26-18-21-7-9-22(10-8-21)19-28-11-5-4-6-12-28;/h7-10,20H,4-6,11-19H2,1-3H3,(H2,24,25,26);1H. The smallest absolute Gasteiger partial charge is 0.191 e. The van der Waals surface area contributed by atoms with Gasteiger partial charge >= 0.3 is 0 Å². The molecule has 6 nitrogen and oxygen atoms in total. The maximum Gasteiger partial charge on any atom is 0.191 e. The summed E-state index contributed by atoms with van der Waals surface area (Å²) in [5.74, 6) is 0.878. The van der Waals surface area contributed by atoms with Crippen LogP contribution < -0.4 is 10.6 Å². The predicted octanol–water partition coefficient (Wildman–Crippen LogP) is 2.59. The van der Waals surface area contributed by atoms with Crippen molar-refractivity contribution in [1.82, 2.24) is 25.3 Å². The first-order valence-electron chi connectivity index (χ1n) is 11.3. The summed E-state index contributed by atoms with van der Waals surface area (Å²) in [6, 6.07) is 9.55. The molecule has 2 aliphatic rings. The van der Waals surface area contributed by atoms with E-state index in [2.05, 4.69) is 68.6 Å². The van der Waals surface area contributed by atoms with Gasteiger partial charge in [-0.15, -0.1) is 24.0 Å². The zero-order valence-corrected chi connectivity index (χ0v) is 21.4. The summed E-state index contributed by atoms with van der Waals surface area (Å²) in [5, 5.41) is 6.94. The highest BCUT2D eigenvalue weighted by Crippen LogP contribution is 2.13. The van der Waals surface area contributed by atoms with Gasteiger partial charge in [0.25, 0.3) is 0 Å². The van der Waals surface area contributed by atoms with Gasteiger partial charge in [0.15, 0.2) is 5.96 Å². The number of likely N-dealkylation sites (N-methyl/N-ethyl adjacent to an activating group) is 1. The zero-order chi connectivity index (χ0) is 20.5.